The van der Waals surface area contributed by atoms with Crippen molar-refractivity contribution in [1.29, 1.82) is 0 Å². The minimum atomic E-state index is -0.499. The number of ether oxygens (including phenoxy) is 1. The molecule has 140 valence electrons. The molecule has 1 aliphatic rings. The first kappa shape index (κ1) is 19.0. The van der Waals surface area contributed by atoms with Crippen LogP contribution in [0.5, 0.6) is 0 Å². The van der Waals surface area contributed by atoms with E-state index in [0.717, 1.165) is 25.5 Å². The Labute approximate surface area is 148 Å². The van der Waals surface area contributed by atoms with Gasteiger partial charge in [-0.3, -0.25) is 0 Å². The molecule has 1 aliphatic heterocycles. The monoisotopic (exact) mass is 352 g/mol. The third-order valence-corrected chi connectivity index (χ3v) is 3.48. The number of hydrogen-bond acceptors (Lipinski definition) is 6. The van der Waals surface area contributed by atoms with E-state index >= 15 is 0 Å². The highest BCUT2D eigenvalue weighted by Crippen LogP contribution is 2.12. The maximum absolute atomic E-state index is 11.9. The second-order valence-electron chi connectivity index (χ2n) is 6.98. The highest BCUT2D eigenvalue weighted by atomic mass is 16.6. The number of aryl methyl sites for hydroxylation is 1. The number of carbonyl (C=O) groups excluding carboxylic acids is 1. The number of likely N-dealkylation sites (tertiary alicyclic amines) is 1. The van der Waals surface area contributed by atoms with Gasteiger partial charge in [0.25, 0.3) is 0 Å². The van der Waals surface area contributed by atoms with E-state index in [1.54, 1.807) is 6.92 Å². The summed E-state index contributed by atoms with van der Waals surface area (Å²) in [7, 11) is 0. The van der Waals surface area contributed by atoms with Crippen molar-refractivity contribution in [2.75, 3.05) is 19.6 Å². The fourth-order valence-corrected chi connectivity index (χ4v) is 2.52. The summed E-state index contributed by atoms with van der Waals surface area (Å²) >= 11 is 0. The van der Waals surface area contributed by atoms with Gasteiger partial charge in [-0.2, -0.15) is 4.98 Å². The molecule has 9 nitrogen and oxygen atoms in total. The number of guanidine groups is 1. The number of carbonyl (C=O) groups is 1. The highest BCUT2D eigenvalue weighted by Gasteiger charge is 2.27. The van der Waals surface area contributed by atoms with Crippen molar-refractivity contribution in [2.24, 2.45) is 4.99 Å². The molecule has 1 saturated heterocycles. The molecule has 0 aromatic carbocycles. The Morgan fingerprint density at radius 1 is 1.48 bits per heavy atom. The first-order chi connectivity index (χ1) is 11.8. The molecule has 0 radical (unpaired) electrons. The van der Waals surface area contributed by atoms with Crippen LogP contribution >= 0.6 is 0 Å². The molecule has 0 aliphatic carbocycles. The van der Waals surface area contributed by atoms with Crippen molar-refractivity contribution < 1.29 is 14.1 Å². The standard InChI is InChI=1S/C16H28N6O3/c1-6-17-14(18-9-13-19-11(2)21-25-13)22-8-7-12(10-22)20-15(23)24-16(3,4)5/h12H,6-10H2,1-5H3,(H,17,18)(H,20,23). The fraction of sp³-hybridized carbons (Fsp3) is 0.750. The molecule has 2 heterocycles. The van der Waals surface area contributed by atoms with Gasteiger partial charge in [-0.25, -0.2) is 9.79 Å². The Morgan fingerprint density at radius 3 is 2.84 bits per heavy atom. The molecule has 1 aromatic heterocycles. The lowest BCUT2D eigenvalue weighted by Crippen LogP contribution is -2.44. The van der Waals surface area contributed by atoms with Gasteiger partial charge in [0, 0.05) is 19.6 Å². The number of aromatic nitrogens is 2. The van der Waals surface area contributed by atoms with Gasteiger partial charge in [0.1, 0.15) is 12.1 Å². The van der Waals surface area contributed by atoms with Crippen molar-refractivity contribution in [3.05, 3.63) is 11.7 Å². The summed E-state index contributed by atoms with van der Waals surface area (Å²) < 4.78 is 10.4. The second kappa shape index (κ2) is 8.17. The number of hydrogen-bond donors (Lipinski definition) is 2. The van der Waals surface area contributed by atoms with Crippen LogP contribution in [0.15, 0.2) is 9.52 Å². The van der Waals surface area contributed by atoms with Gasteiger partial charge in [0.05, 0.1) is 6.04 Å². The van der Waals surface area contributed by atoms with Gasteiger partial charge in [-0.1, -0.05) is 5.16 Å². The van der Waals surface area contributed by atoms with Crippen molar-refractivity contribution in [3.8, 4) is 0 Å². The van der Waals surface area contributed by atoms with E-state index in [-0.39, 0.29) is 12.1 Å². The maximum atomic E-state index is 11.9. The molecule has 1 unspecified atom stereocenters. The predicted molar refractivity (Wildman–Crippen MR) is 93.2 cm³/mol. The molecule has 0 saturated carbocycles. The van der Waals surface area contributed by atoms with E-state index in [1.807, 2.05) is 27.7 Å². The van der Waals surface area contributed by atoms with Crippen LogP contribution in [-0.2, 0) is 11.3 Å². The Morgan fingerprint density at radius 2 is 2.24 bits per heavy atom. The van der Waals surface area contributed by atoms with E-state index in [0.29, 0.717) is 24.8 Å². The average molecular weight is 352 g/mol. The van der Waals surface area contributed by atoms with Crippen LogP contribution in [0.25, 0.3) is 0 Å². The summed E-state index contributed by atoms with van der Waals surface area (Å²) in [6.45, 7) is 11.9. The number of rotatable bonds is 4. The van der Waals surface area contributed by atoms with Gasteiger partial charge in [-0.15, -0.1) is 0 Å². The quantitative estimate of drug-likeness (QED) is 0.624. The third-order valence-electron chi connectivity index (χ3n) is 3.48. The SMILES string of the molecule is CCNC(=NCc1nc(C)no1)N1CCC(NC(=O)OC(C)(C)C)C1. The van der Waals surface area contributed by atoms with E-state index in [2.05, 4.69) is 30.7 Å². The second-order valence-corrected chi connectivity index (χ2v) is 6.98. The van der Waals surface area contributed by atoms with E-state index < -0.39 is 5.60 Å². The zero-order valence-corrected chi connectivity index (χ0v) is 15.6. The Balaban J connectivity index is 1.90. The van der Waals surface area contributed by atoms with Crippen LogP contribution in [0.2, 0.25) is 0 Å². The summed E-state index contributed by atoms with van der Waals surface area (Å²) in [5.74, 6) is 1.85. The van der Waals surface area contributed by atoms with Gasteiger partial charge in [0.15, 0.2) is 11.8 Å². The molecule has 2 rings (SSSR count). The summed E-state index contributed by atoms with van der Waals surface area (Å²) in [6, 6.07) is 0.0318. The molecule has 2 N–H and O–H groups in total. The average Bonchev–Trinajstić information content (AvgIpc) is 3.10. The first-order valence-electron chi connectivity index (χ1n) is 8.59. The smallest absolute Gasteiger partial charge is 0.407 e. The lowest BCUT2D eigenvalue weighted by Gasteiger charge is -2.23. The lowest BCUT2D eigenvalue weighted by atomic mass is 10.2. The topological polar surface area (TPSA) is 105 Å². The normalized spacial score (nSPS) is 18.4. The van der Waals surface area contributed by atoms with Crippen molar-refractivity contribution in [3.63, 3.8) is 0 Å². The van der Waals surface area contributed by atoms with Crippen LogP contribution in [0, 0.1) is 6.92 Å². The van der Waals surface area contributed by atoms with E-state index in [4.69, 9.17) is 9.26 Å². The van der Waals surface area contributed by atoms with Crippen LogP contribution < -0.4 is 10.6 Å². The van der Waals surface area contributed by atoms with Crippen molar-refractivity contribution in [1.82, 2.24) is 25.7 Å². The van der Waals surface area contributed by atoms with Gasteiger partial charge in [0.2, 0.25) is 5.89 Å². The summed E-state index contributed by atoms with van der Waals surface area (Å²) in [6.07, 6.45) is 0.450. The van der Waals surface area contributed by atoms with Crippen molar-refractivity contribution >= 4 is 12.1 Å². The minimum Gasteiger partial charge on any atom is -0.444 e. The number of nitrogens with one attached hydrogen (secondary N) is 2. The molecule has 0 spiro atoms. The Kier molecular flexibility index (Phi) is 6.22. The Hall–Kier alpha value is -2.32. The number of nitrogens with zero attached hydrogens (tertiary/aromatic N) is 4. The molecule has 9 heteroatoms. The number of amides is 1. The minimum absolute atomic E-state index is 0.0318. The van der Waals surface area contributed by atoms with Gasteiger partial charge >= 0.3 is 6.09 Å². The largest absolute Gasteiger partial charge is 0.444 e. The zero-order valence-electron chi connectivity index (χ0n) is 15.6. The molecule has 0 bridgehead atoms. The molecule has 1 fully saturated rings. The van der Waals surface area contributed by atoms with Crippen molar-refractivity contribution in [2.45, 2.75) is 59.2 Å². The zero-order chi connectivity index (χ0) is 18.4. The number of aliphatic imine (C=N–C) groups is 1. The van der Waals surface area contributed by atoms with Crippen LogP contribution in [0.3, 0.4) is 0 Å². The first-order valence-corrected chi connectivity index (χ1v) is 8.59. The molecule has 25 heavy (non-hydrogen) atoms. The predicted octanol–water partition coefficient (Wildman–Crippen LogP) is 1.44. The maximum Gasteiger partial charge on any atom is 0.407 e. The highest BCUT2D eigenvalue weighted by molar-refractivity contribution is 5.80. The molecular weight excluding hydrogens is 324 g/mol. The molecule has 1 atom stereocenters. The molecular formula is C16H28N6O3. The summed E-state index contributed by atoms with van der Waals surface area (Å²) in [4.78, 5) is 22.7. The molecule has 1 aromatic rings. The van der Waals surface area contributed by atoms with Gasteiger partial charge in [-0.05, 0) is 41.0 Å². The van der Waals surface area contributed by atoms with Crippen LogP contribution in [0.4, 0.5) is 4.79 Å². The summed E-state index contributed by atoms with van der Waals surface area (Å²) in [5, 5.41) is 9.93. The third kappa shape index (κ3) is 6.24. The Bertz CT molecular complexity index is 607. The van der Waals surface area contributed by atoms with E-state index in [1.165, 1.54) is 0 Å². The van der Waals surface area contributed by atoms with E-state index in [9.17, 15) is 4.79 Å². The molecule has 1 amide bonds. The van der Waals surface area contributed by atoms with Crippen LogP contribution in [0.1, 0.15) is 45.8 Å². The lowest BCUT2D eigenvalue weighted by molar-refractivity contribution is 0.0507. The number of alkyl carbamates (subject to hydrolysis) is 1. The van der Waals surface area contributed by atoms with Gasteiger partial charge < -0.3 is 24.8 Å². The fourth-order valence-electron chi connectivity index (χ4n) is 2.52. The summed E-state index contributed by atoms with van der Waals surface area (Å²) in [5.41, 5.74) is -0.499. The van der Waals surface area contributed by atoms with Crippen LogP contribution in [-0.4, -0.2) is 58.4 Å².